The molecule has 2 heterocycles. The normalized spacial score (nSPS) is 11.5. The number of halogens is 3. The van der Waals surface area contributed by atoms with Crippen molar-refractivity contribution >= 4 is 23.1 Å². The molecule has 0 unspecified atom stereocenters. The first-order chi connectivity index (χ1) is 15.4. The van der Waals surface area contributed by atoms with Gasteiger partial charge in [0, 0.05) is 35.8 Å². The zero-order chi connectivity index (χ0) is 22.7. The second kappa shape index (κ2) is 8.67. The van der Waals surface area contributed by atoms with Crippen LogP contribution in [0.5, 0.6) is 0 Å². The van der Waals surface area contributed by atoms with Crippen LogP contribution >= 0.6 is 0 Å². The zero-order valence-corrected chi connectivity index (χ0v) is 16.6. The molecule has 0 radical (unpaired) electrons. The van der Waals surface area contributed by atoms with E-state index in [4.69, 9.17) is 5.11 Å². The molecule has 4 aromatic rings. The molecule has 0 atom stereocenters. The number of amides is 1. The lowest BCUT2D eigenvalue weighted by Crippen LogP contribution is -2.26. The summed E-state index contributed by atoms with van der Waals surface area (Å²) in [5.74, 6) is -0.0294. The molecule has 1 amide bonds. The predicted molar refractivity (Wildman–Crippen MR) is 113 cm³/mol. The number of aromatic nitrogens is 3. The molecule has 0 bridgehead atoms. The molecular weight excluding hydrogens is 423 g/mol. The Bertz CT molecular complexity index is 1270. The van der Waals surface area contributed by atoms with Crippen molar-refractivity contribution in [2.45, 2.75) is 6.18 Å². The van der Waals surface area contributed by atoms with Gasteiger partial charge in [-0.1, -0.05) is 18.2 Å². The molecule has 0 spiro atoms. The maximum atomic E-state index is 13.0. The predicted octanol–water partition coefficient (Wildman–Crippen LogP) is 3.88. The number of carbonyl (C=O) groups is 1. The third-order valence-corrected chi connectivity index (χ3v) is 4.70. The number of aliphatic hydroxyl groups excluding tert-OH is 1. The highest BCUT2D eigenvalue weighted by Crippen LogP contribution is 2.32. The highest BCUT2D eigenvalue weighted by molar-refractivity contribution is 5.95. The van der Waals surface area contributed by atoms with Crippen LogP contribution < -0.4 is 10.6 Å². The van der Waals surface area contributed by atoms with Crippen LogP contribution in [0.25, 0.3) is 16.9 Å². The molecule has 0 aliphatic rings. The summed E-state index contributed by atoms with van der Waals surface area (Å²) in [4.78, 5) is 20.8. The zero-order valence-electron chi connectivity index (χ0n) is 16.6. The van der Waals surface area contributed by atoms with E-state index in [9.17, 15) is 18.0 Å². The molecule has 2 aromatic heterocycles. The van der Waals surface area contributed by atoms with Crippen LogP contribution in [0, 0.1) is 0 Å². The number of alkyl halides is 3. The van der Waals surface area contributed by atoms with E-state index in [1.807, 2.05) is 6.07 Å². The van der Waals surface area contributed by atoms with Gasteiger partial charge in [0.2, 0.25) is 0 Å². The van der Waals surface area contributed by atoms with Gasteiger partial charge in [0.15, 0.2) is 11.5 Å². The van der Waals surface area contributed by atoms with E-state index in [0.717, 1.165) is 12.1 Å². The number of anilines is 2. The number of nitrogens with zero attached hydrogens (tertiary/aromatic N) is 3. The average Bonchev–Trinajstić information content (AvgIpc) is 3.22. The van der Waals surface area contributed by atoms with Crippen LogP contribution in [-0.2, 0) is 6.18 Å². The van der Waals surface area contributed by atoms with E-state index in [2.05, 4.69) is 20.6 Å². The van der Waals surface area contributed by atoms with E-state index in [1.165, 1.54) is 18.3 Å². The smallest absolute Gasteiger partial charge is 0.395 e. The van der Waals surface area contributed by atoms with Crippen molar-refractivity contribution in [1.82, 2.24) is 19.7 Å². The molecule has 2 aromatic carbocycles. The molecule has 0 fully saturated rings. The molecular formula is C22H18F3N5O2. The average molecular weight is 441 g/mol. The molecule has 10 heteroatoms. The van der Waals surface area contributed by atoms with Gasteiger partial charge in [-0.15, -0.1) is 0 Å². The van der Waals surface area contributed by atoms with Crippen molar-refractivity contribution in [2.24, 2.45) is 0 Å². The van der Waals surface area contributed by atoms with Crippen LogP contribution in [0.3, 0.4) is 0 Å². The number of hydrogen-bond acceptors (Lipinski definition) is 5. The monoisotopic (exact) mass is 441 g/mol. The molecule has 3 N–H and O–H groups in total. The molecule has 7 nitrogen and oxygen atoms in total. The van der Waals surface area contributed by atoms with Crippen molar-refractivity contribution in [1.29, 1.82) is 0 Å². The van der Waals surface area contributed by atoms with Crippen molar-refractivity contribution in [3.05, 3.63) is 78.2 Å². The quantitative estimate of drug-likeness (QED) is 0.422. The van der Waals surface area contributed by atoms with Crippen LogP contribution in [0.1, 0.15) is 15.9 Å². The Balaban J connectivity index is 1.67. The van der Waals surface area contributed by atoms with Gasteiger partial charge in [-0.2, -0.15) is 13.2 Å². The summed E-state index contributed by atoms with van der Waals surface area (Å²) in [5, 5.41) is 14.4. The Morgan fingerprint density at radius 2 is 1.91 bits per heavy atom. The van der Waals surface area contributed by atoms with Crippen molar-refractivity contribution in [2.75, 3.05) is 18.5 Å². The third-order valence-electron chi connectivity index (χ3n) is 4.70. The van der Waals surface area contributed by atoms with Gasteiger partial charge in [-0.25, -0.2) is 9.97 Å². The van der Waals surface area contributed by atoms with Gasteiger partial charge in [-0.05, 0) is 30.3 Å². The molecule has 164 valence electrons. The Kier molecular flexibility index (Phi) is 5.78. The van der Waals surface area contributed by atoms with Crippen molar-refractivity contribution in [3.63, 3.8) is 0 Å². The number of nitrogens with one attached hydrogen (secondary N) is 2. The minimum Gasteiger partial charge on any atom is -0.395 e. The van der Waals surface area contributed by atoms with Crippen LogP contribution in [0.2, 0.25) is 0 Å². The lowest BCUT2D eigenvalue weighted by Gasteiger charge is -2.11. The number of hydrogen-bond donors (Lipinski definition) is 3. The topological polar surface area (TPSA) is 91.5 Å². The molecule has 0 aliphatic carbocycles. The van der Waals surface area contributed by atoms with Gasteiger partial charge in [0.1, 0.15) is 0 Å². The van der Waals surface area contributed by atoms with E-state index < -0.39 is 11.7 Å². The fraction of sp³-hybridized carbons (Fsp3) is 0.136. The minimum atomic E-state index is -4.45. The van der Waals surface area contributed by atoms with E-state index in [-0.39, 0.29) is 30.6 Å². The largest absolute Gasteiger partial charge is 0.416 e. The van der Waals surface area contributed by atoms with Crippen molar-refractivity contribution < 1.29 is 23.1 Å². The maximum Gasteiger partial charge on any atom is 0.416 e. The molecule has 4 rings (SSSR count). The number of benzene rings is 2. The van der Waals surface area contributed by atoms with E-state index in [1.54, 1.807) is 35.0 Å². The second-order valence-corrected chi connectivity index (χ2v) is 6.88. The Labute approximate surface area is 180 Å². The molecule has 0 aliphatic heterocycles. The number of rotatable bonds is 6. The summed E-state index contributed by atoms with van der Waals surface area (Å²) in [6, 6.07) is 11.7. The fourth-order valence-electron chi connectivity index (χ4n) is 3.22. The highest BCUT2D eigenvalue weighted by Gasteiger charge is 2.30. The first-order valence-corrected chi connectivity index (χ1v) is 9.62. The molecule has 32 heavy (non-hydrogen) atoms. The van der Waals surface area contributed by atoms with Gasteiger partial charge >= 0.3 is 6.18 Å². The minimum absolute atomic E-state index is 0.148. The summed E-state index contributed by atoms with van der Waals surface area (Å²) in [5.41, 5.74) is 1.68. The van der Waals surface area contributed by atoms with Gasteiger partial charge in [0.25, 0.3) is 5.91 Å². The first-order valence-electron chi connectivity index (χ1n) is 9.62. The highest BCUT2D eigenvalue weighted by atomic mass is 19.4. The van der Waals surface area contributed by atoms with Gasteiger partial charge in [0.05, 0.1) is 24.1 Å². The van der Waals surface area contributed by atoms with Crippen LogP contribution in [0.4, 0.5) is 24.7 Å². The summed E-state index contributed by atoms with van der Waals surface area (Å²) in [7, 11) is 0. The summed E-state index contributed by atoms with van der Waals surface area (Å²) in [6.07, 6.45) is 0.324. The number of imidazole rings is 1. The summed E-state index contributed by atoms with van der Waals surface area (Å²) in [6.45, 7) is -0.0116. The number of fused-ring (bicyclic) bond motifs is 1. The van der Waals surface area contributed by atoms with Crippen LogP contribution in [0.15, 0.2) is 67.1 Å². The lowest BCUT2D eigenvalue weighted by atomic mass is 10.1. The molecule has 0 saturated heterocycles. The second-order valence-electron chi connectivity index (χ2n) is 6.88. The van der Waals surface area contributed by atoms with E-state index >= 15 is 0 Å². The number of aliphatic hydroxyl groups is 1. The van der Waals surface area contributed by atoms with Gasteiger partial charge in [-0.3, -0.25) is 9.20 Å². The summed E-state index contributed by atoms with van der Waals surface area (Å²) >= 11 is 0. The Morgan fingerprint density at radius 3 is 2.69 bits per heavy atom. The van der Waals surface area contributed by atoms with Gasteiger partial charge < -0.3 is 15.7 Å². The third kappa shape index (κ3) is 4.40. The lowest BCUT2D eigenvalue weighted by molar-refractivity contribution is -0.137. The SMILES string of the molecule is O=C(NCCO)c1cccc(-c2cnc3c(Nc4cccc(C(F)(F)F)c4)nccn23)c1. The molecule has 0 saturated carbocycles. The van der Waals surface area contributed by atoms with E-state index in [0.29, 0.717) is 22.5 Å². The Hall–Kier alpha value is -3.92. The fourth-order valence-corrected chi connectivity index (χ4v) is 3.22. The standard InChI is InChI=1S/C22H18F3N5O2/c23-22(24,25)16-5-2-6-17(12-16)29-19-20-28-13-18(30(20)9-7-26-19)14-3-1-4-15(11-14)21(32)27-8-10-31/h1-7,9,11-13,31H,8,10H2,(H,26,29)(H,27,32). The number of carbonyl (C=O) groups excluding carboxylic acids is 1. The summed E-state index contributed by atoms with van der Waals surface area (Å²) < 4.78 is 40.8. The van der Waals surface area contributed by atoms with Crippen LogP contribution in [-0.4, -0.2) is 38.5 Å². The van der Waals surface area contributed by atoms with Crippen molar-refractivity contribution in [3.8, 4) is 11.3 Å². The maximum absolute atomic E-state index is 13.0. The Morgan fingerprint density at radius 1 is 1.09 bits per heavy atom. The first kappa shape index (κ1) is 21.3.